The van der Waals surface area contributed by atoms with Gasteiger partial charge in [0.1, 0.15) is 6.04 Å². The first kappa shape index (κ1) is 16.7. The van der Waals surface area contributed by atoms with Crippen LogP contribution in [0.15, 0.2) is 36.7 Å². The predicted molar refractivity (Wildman–Crippen MR) is 89.0 cm³/mol. The van der Waals surface area contributed by atoms with Gasteiger partial charge in [0.2, 0.25) is 11.8 Å². The van der Waals surface area contributed by atoms with Crippen molar-refractivity contribution in [2.75, 3.05) is 17.7 Å². The van der Waals surface area contributed by atoms with E-state index in [4.69, 9.17) is 0 Å². The van der Waals surface area contributed by atoms with Gasteiger partial charge in [0.25, 0.3) is 0 Å². The van der Waals surface area contributed by atoms with Crippen LogP contribution in [0, 0.1) is 0 Å². The molecule has 0 fully saturated rings. The number of hydrogen-bond acceptors (Lipinski definition) is 4. The molecule has 0 aliphatic carbocycles. The maximum atomic E-state index is 12.4. The van der Waals surface area contributed by atoms with Crippen LogP contribution in [-0.4, -0.2) is 28.6 Å². The molecule has 0 bridgehead atoms. The summed E-state index contributed by atoms with van der Waals surface area (Å²) in [4.78, 5) is 23.7. The van der Waals surface area contributed by atoms with Crippen molar-refractivity contribution in [1.82, 2.24) is 15.1 Å². The molecule has 122 valence electrons. The van der Waals surface area contributed by atoms with Crippen LogP contribution in [0.4, 0.5) is 11.4 Å². The van der Waals surface area contributed by atoms with E-state index in [-0.39, 0.29) is 11.8 Å². The Labute approximate surface area is 135 Å². The minimum absolute atomic E-state index is 0.0476. The molecule has 2 rings (SSSR count). The third-order valence-corrected chi connectivity index (χ3v) is 3.37. The maximum absolute atomic E-state index is 12.4. The van der Waals surface area contributed by atoms with E-state index in [1.807, 2.05) is 0 Å². The lowest BCUT2D eigenvalue weighted by atomic mass is 10.1. The molecule has 0 aliphatic heterocycles. The second-order valence-electron chi connectivity index (χ2n) is 5.14. The molecule has 0 radical (unpaired) electrons. The molecule has 2 aromatic rings. The molecule has 1 heterocycles. The zero-order chi connectivity index (χ0) is 16.8. The zero-order valence-corrected chi connectivity index (χ0v) is 13.5. The molecule has 2 amide bonds. The molecule has 0 aliphatic rings. The number of nitrogens with one attached hydrogen (secondary N) is 3. The van der Waals surface area contributed by atoms with Crippen molar-refractivity contribution in [3.8, 4) is 0 Å². The fraction of sp³-hybridized carbons (Fsp3) is 0.312. The van der Waals surface area contributed by atoms with Crippen molar-refractivity contribution in [1.29, 1.82) is 0 Å². The minimum atomic E-state index is -0.483. The van der Waals surface area contributed by atoms with Crippen molar-refractivity contribution in [3.63, 3.8) is 0 Å². The summed E-state index contributed by atoms with van der Waals surface area (Å²) in [7, 11) is 3.53. The Hall–Kier alpha value is -2.67. The molecule has 1 unspecified atom stereocenters. The summed E-state index contributed by atoms with van der Waals surface area (Å²) in [5.41, 5.74) is 2.15. The third-order valence-electron chi connectivity index (χ3n) is 3.37. The Bertz CT molecular complexity index is 678. The Balaban J connectivity index is 2.02. The van der Waals surface area contributed by atoms with E-state index in [1.54, 1.807) is 62.4 Å². The smallest absolute Gasteiger partial charge is 0.246 e. The van der Waals surface area contributed by atoms with E-state index < -0.39 is 6.04 Å². The first-order valence-electron chi connectivity index (χ1n) is 7.40. The largest absolute Gasteiger partial charge is 0.326 e. The molecular formula is C16H21N5O2. The lowest BCUT2D eigenvalue weighted by Gasteiger charge is -2.15. The fourth-order valence-corrected chi connectivity index (χ4v) is 2.14. The molecule has 0 spiro atoms. The van der Waals surface area contributed by atoms with Crippen molar-refractivity contribution >= 4 is 23.2 Å². The zero-order valence-electron chi connectivity index (χ0n) is 13.5. The fourth-order valence-electron chi connectivity index (χ4n) is 2.14. The average molecular weight is 315 g/mol. The lowest BCUT2D eigenvalue weighted by molar-refractivity contribution is -0.118. The van der Waals surface area contributed by atoms with Gasteiger partial charge in [-0.05, 0) is 31.3 Å². The lowest BCUT2D eigenvalue weighted by Crippen LogP contribution is -2.30. The van der Waals surface area contributed by atoms with E-state index in [2.05, 4.69) is 21.0 Å². The van der Waals surface area contributed by atoms with Crippen LogP contribution < -0.4 is 16.0 Å². The van der Waals surface area contributed by atoms with Crippen molar-refractivity contribution in [3.05, 3.63) is 42.2 Å². The molecule has 7 nitrogen and oxygen atoms in total. The molecule has 0 saturated heterocycles. The number of amides is 2. The topological polar surface area (TPSA) is 88.1 Å². The summed E-state index contributed by atoms with van der Waals surface area (Å²) >= 11 is 0. The predicted octanol–water partition coefficient (Wildman–Crippen LogP) is 1.67. The first-order chi connectivity index (χ1) is 11.0. The average Bonchev–Trinajstić information content (AvgIpc) is 2.96. The molecule has 23 heavy (non-hydrogen) atoms. The number of rotatable bonds is 6. The summed E-state index contributed by atoms with van der Waals surface area (Å²) in [5.74, 6) is -0.223. The van der Waals surface area contributed by atoms with Gasteiger partial charge in [0.15, 0.2) is 0 Å². The number of hydrogen-bond donors (Lipinski definition) is 3. The van der Waals surface area contributed by atoms with Crippen LogP contribution in [0.25, 0.3) is 0 Å². The van der Waals surface area contributed by atoms with Gasteiger partial charge in [-0.2, -0.15) is 5.10 Å². The van der Waals surface area contributed by atoms with E-state index in [0.717, 1.165) is 5.56 Å². The molecular weight excluding hydrogens is 294 g/mol. The van der Waals surface area contributed by atoms with Crippen LogP contribution in [0.2, 0.25) is 0 Å². The Kier molecular flexibility index (Phi) is 5.48. The molecule has 7 heteroatoms. The van der Waals surface area contributed by atoms with Crippen LogP contribution >= 0.6 is 0 Å². The summed E-state index contributed by atoms with van der Waals surface area (Å²) < 4.78 is 1.65. The van der Waals surface area contributed by atoms with Gasteiger partial charge in [-0.15, -0.1) is 0 Å². The first-order valence-corrected chi connectivity index (χ1v) is 7.40. The molecule has 0 saturated carbocycles. The van der Waals surface area contributed by atoms with Gasteiger partial charge < -0.3 is 16.0 Å². The van der Waals surface area contributed by atoms with Gasteiger partial charge in [0, 0.05) is 36.6 Å². The standard InChI is InChI=1S/C16H21N5O2/c1-4-14(22)19-12-5-7-13(8-6-12)20-16(23)15(17-2)11-9-18-21(3)10-11/h5-10,15,17H,4H2,1-3H3,(H,19,22)(H,20,23). The van der Waals surface area contributed by atoms with E-state index >= 15 is 0 Å². The number of nitrogens with zero attached hydrogens (tertiary/aromatic N) is 2. The van der Waals surface area contributed by atoms with Gasteiger partial charge in [0.05, 0.1) is 6.20 Å². The van der Waals surface area contributed by atoms with E-state index in [0.29, 0.717) is 17.8 Å². The summed E-state index contributed by atoms with van der Waals surface area (Å²) in [5, 5.41) is 12.7. The number of carbonyl (C=O) groups excluding carboxylic acids is 2. The number of carbonyl (C=O) groups is 2. The van der Waals surface area contributed by atoms with Gasteiger partial charge in [-0.3, -0.25) is 14.3 Å². The minimum Gasteiger partial charge on any atom is -0.326 e. The second kappa shape index (κ2) is 7.55. The Morgan fingerprint density at radius 3 is 2.26 bits per heavy atom. The second-order valence-corrected chi connectivity index (χ2v) is 5.14. The molecule has 3 N–H and O–H groups in total. The van der Waals surface area contributed by atoms with E-state index in [9.17, 15) is 9.59 Å². The highest BCUT2D eigenvalue weighted by molar-refractivity contribution is 5.96. The number of anilines is 2. The number of aryl methyl sites for hydroxylation is 1. The van der Waals surface area contributed by atoms with Crippen LogP contribution in [0.5, 0.6) is 0 Å². The van der Waals surface area contributed by atoms with Gasteiger partial charge in [-0.25, -0.2) is 0 Å². The summed E-state index contributed by atoms with van der Waals surface area (Å²) in [6, 6.07) is 6.52. The number of likely N-dealkylation sites (N-methyl/N-ethyl adjacent to an activating group) is 1. The number of aromatic nitrogens is 2. The Morgan fingerprint density at radius 1 is 1.17 bits per heavy atom. The highest BCUT2D eigenvalue weighted by Gasteiger charge is 2.20. The highest BCUT2D eigenvalue weighted by Crippen LogP contribution is 2.17. The normalized spacial score (nSPS) is 11.8. The highest BCUT2D eigenvalue weighted by atomic mass is 16.2. The third kappa shape index (κ3) is 4.40. The molecule has 1 aromatic heterocycles. The van der Waals surface area contributed by atoms with Crippen LogP contribution in [0.3, 0.4) is 0 Å². The SMILES string of the molecule is CCC(=O)Nc1ccc(NC(=O)C(NC)c2cnn(C)c2)cc1. The summed E-state index contributed by atoms with van der Waals surface area (Å²) in [6.45, 7) is 1.79. The molecule has 1 atom stereocenters. The van der Waals surface area contributed by atoms with Gasteiger partial charge >= 0.3 is 0 Å². The van der Waals surface area contributed by atoms with Crippen molar-refractivity contribution in [2.45, 2.75) is 19.4 Å². The summed E-state index contributed by atoms with van der Waals surface area (Å²) in [6.07, 6.45) is 3.88. The molecule has 1 aromatic carbocycles. The van der Waals surface area contributed by atoms with Crippen molar-refractivity contribution < 1.29 is 9.59 Å². The van der Waals surface area contributed by atoms with Crippen LogP contribution in [-0.2, 0) is 16.6 Å². The van der Waals surface area contributed by atoms with E-state index in [1.165, 1.54) is 0 Å². The maximum Gasteiger partial charge on any atom is 0.246 e. The van der Waals surface area contributed by atoms with Crippen LogP contribution in [0.1, 0.15) is 24.9 Å². The van der Waals surface area contributed by atoms with Gasteiger partial charge in [-0.1, -0.05) is 6.92 Å². The number of benzene rings is 1. The monoisotopic (exact) mass is 315 g/mol. The quantitative estimate of drug-likeness (QED) is 0.756. The van der Waals surface area contributed by atoms with Crippen molar-refractivity contribution in [2.24, 2.45) is 7.05 Å². The Morgan fingerprint density at radius 2 is 1.78 bits per heavy atom.